The maximum Gasteiger partial charge on any atom is 0.260 e. The van der Waals surface area contributed by atoms with Crippen LogP contribution in [-0.2, 0) is 0 Å². The first-order valence-corrected chi connectivity index (χ1v) is 9.27. The first kappa shape index (κ1) is 18.4. The number of amides is 1. The molecule has 0 atom stereocenters. The molecule has 1 aromatic heterocycles. The maximum absolute atomic E-state index is 13.1. The Morgan fingerprint density at radius 1 is 1.12 bits per heavy atom. The van der Waals surface area contributed by atoms with Crippen molar-refractivity contribution in [2.45, 2.75) is 6.92 Å². The average Bonchev–Trinajstić information content (AvgIpc) is 3.04. The summed E-state index contributed by atoms with van der Waals surface area (Å²) in [6, 6.07) is 13.4. The van der Waals surface area contributed by atoms with Crippen molar-refractivity contribution in [3.05, 3.63) is 53.6 Å². The lowest BCUT2D eigenvalue weighted by Gasteiger charge is -2.22. The molecule has 6 heteroatoms. The van der Waals surface area contributed by atoms with Crippen LogP contribution in [0.4, 0.5) is 5.13 Å². The molecule has 2 aromatic carbocycles. The van der Waals surface area contributed by atoms with E-state index in [1.54, 1.807) is 47.6 Å². The molecule has 0 spiro atoms. The zero-order chi connectivity index (χ0) is 18.7. The third kappa shape index (κ3) is 4.03. The third-order valence-electron chi connectivity index (χ3n) is 4.12. The van der Waals surface area contributed by atoms with E-state index >= 15 is 0 Å². The second-order valence-corrected chi connectivity index (χ2v) is 7.47. The summed E-state index contributed by atoms with van der Waals surface area (Å²) >= 11 is 1.55. The topological polar surface area (TPSA) is 45.7 Å². The van der Waals surface area contributed by atoms with Crippen molar-refractivity contribution < 1.29 is 9.53 Å². The molecule has 0 radical (unpaired) electrons. The lowest BCUT2D eigenvalue weighted by molar-refractivity contribution is 0.0985. The zero-order valence-corrected chi connectivity index (χ0v) is 16.3. The molecular weight excluding hydrogens is 346 g/mol. The Morgan fingerprint density at radius 2 is 1.85 bits per heavy atom. The predicted octanol–water partition coefficient (Wildman–Crippen LogP) is 3.82. The van der Waals surface area contributed by atoms with Crippen LogP contribution < -0.4 is 9.64 Å². The van der Waals surface area contributed by atoms with Crippen molar-refractivity contribution >= 4 is 32.6 Å². The van der Waals surface area contributed by atoms with Crippen molar-refractivity contribution in [1.29, 1.82) is 0 Å². The number of fused-ring (bicyclic) bond motifs is 1. The van der Waals surface area contributed by atoms with Crippen molar-refractivity contribution in [2.24, 2.45) is 0 Å². The highest BCUT2D eigenvalue weighted by molar-refractivity contribution is 7.22. The molecule has 0 aliphatic rings. The molecule has 0 N–H and O–H groups in total. The fourth-order valence-electron chi connectivity index (χ4n) is 2.61. The molecule has 0 fully saturated rings. The minimum absolute atomic E-state index is 0.0507. The second kappa shape index (κ2) is 7.85. The summed E-state index contributed by atoms with van der Waals surface area (Å²) in [5.41, 5.74) is 2.74. The van der Waals surface area contributed by atoms with Gasteiger partial charge in [-0.15, -0.1) is 0 Å². The molecule has 0 aliphatic heterocycles. The number of likely N-dealkylation sites (N-methyl/N-ethyl adjacent to an activating group) is 1. The number of rotatable bonds is 6. The van der Waals surface area contributed by atoms with Gasteiger partial charge in [0.15, 0.2) is 5.13 Å². The minimum Gasteiger partial charge on any atom is -0.497 e. The standard InChI is InChI=1S/C20H23N3O2S/c1-14-5-10-17-18(13-14)26-20(21-17)23(12-11-22(2)3)19(24)15-6-8-16(25-4)9-7-15/h5-10,13H,11-12H2,1-4H3. The van der Waals surface area contributed by atoms with E-state index in [-0.39, 0.29) is 5.91 Å². The molecule has 1 heterocycles. The van der Waals surface area contributed by atoms with E-state index in [2.05, 4.69) is 17.9 Å². The van der Waals surface area contributed by atoms with Crippen molar-refractivity contribution in [2.75, 3.05) is 39.2 Å². The van der Waals surface area contributed by atoms with E-state index in [0.29, 0.717) is 12.1 Å². The summed E-state index contributed by atoms with van der Waals surface area (Å²) < 4.78 is 6.28. The number of carbonyl (C=O) groups excluding carboxylic acids is 1. The second-order valence-electron chi connectivity index (χ2n) is 6.46. The van der Waals surface area contributed by atoms with Crippen LogP contribution in [0.25, 0.3) is 10.2 Å². The number of aromatic nitrogens is 1. The maximum atomic E-state index is 13.1. The largest absolute Gasteiger partial charge is 0.497 e. The van der Waals surface area contributed by atoms with Crippen molar-refractivity contribution in [3.8, 4) is 5.75 Å². The number of hydrogen-bond acceptors (Lipinski definition) is 5. The van der Waals surface area contributed by atoms with E-state index < -0.39 is 0 Å². The summed E-state index contributed by atoms with van der Waals surface area (Å²) in [6.07, 6.45) is 0. The highest BCUT2D eigenvalue weighted by atomic mass is 32.1. The van der Waals surface area contributed by atoms with Crippen molar-refractivity contribution in [3.63, 3.8) is 0 Å². The van der Waals surface area contributed by atoms with Gasteiger partial charge < -0.3 is 9.64 Å². The van der Waals surface area contributed by atoms with E-state index in [0.717, 1.165) is 27.6 Å². The Hall–Kier alpha value is -2.44. The Morgan fingerprint density at radius 3 is 2.50 bits per heavy atom. The van der Waals surface area contributed by atoms with Crippen LogP contribution in [0.3, 0.4) is 0 Å². The molecule has 3 rings (SSSR count). The average molecular weight is 369 g/mol. The Kier molecular flexibility index (Phi) is 5.54. The summed E-state index contributed by atoms with van der Waals surface area (Å²) in [5.74, 6) is 0.683. The van der Waals surface area contributed by atoms with Gasteiger partial charge in [-0.2, -0.15) is 0 Å². The monoisotopic (exact) mass is 369 g/mol. The van der Waals surface area contributed by atoms with E-state index in [1.165, 1.54) is 5.56 Å². The molecule has 3 aromatic rings. The van der Waals surface area contributed by atoms with Gasteiger partial charge in [0.1, 0.15) is 5.75 Å². The summed E-state index contributed by atoms with van der Waals surface area (Å²) in [4.78, 5) is 21.7. The van der Waals surface area contributed by atoms with Gasteiger partial charge in [-0.25, -0.2) is 4.98 Å². The number of carbonyl (C=O) groups is 1. The number of aryl methyl sites for hydroxylation is 1. The fraction of sp³-hybridized carbons (Fsp3) is 0.300. The predicted molar refractivity (Wildman–Crippen MR) is 108 cm³/mol. The number of thiazole rings is 1. The fourth-order valence-corrected chi connectivity index (χ4v) is 3.70. The molecular formula is C20H23N3O2S. The molecule has 0 saturated heterocycles. The third-order valence-corrected chi connectivity index (χ3v) is 5.16. The van der Waals surface area contributed by atoms with Crippen LogP contribution >= 0.6 is 11.3 Å². The summed E-state index contributed by atoms with van der Waals surface area (Å²) in [7, 11) is 5.61. The van der Waals surface area contributed by atoms with Gasteiger partial charge in [-0.3, -0.25) is 9.69 Å². The van der Waals surface area contributed by atoms with Gasteiger partial charge in [0.25, 0.3) is 5.91 Å². The number of nitrogens with zero attached hydrogens (tertiary/aromatic N) is 3. The van der Waals surface area contributed by atoms with Crippen LogP contribution in [0.2, 0.25) is 0 Å². The number of ether oxygens (including phenoxy) is 1. The number of anilines is 1. The number of benzene rings is 2. The highest BCUT2D eigenvalue weighted by Gasteiger charge is 2.21. The minimum atomic E-state index is -0.0507. The SMILES string of the molecule is COc1ccc(C(=O)N(CCN(C)C)c2nc3ccc(C)cc3s2)cc1. The molecule has 5 nitrogen and oxygen atoms in total. The molecule has 0 saturated carbocycles. The number of hydrogen-bond donors (Lipinski definition) is 0. The van der Waals surface area contributed by atoms with Gasteiger partial charge >= 0.3 is 0 Å². The molecule has 136 valence electrons. The van der Waals surface area contributed by atoms with Crippen LogP contribution in [0.5, 0.6) is 5.75 Å². The lowest BCUT2D eigenvalue weighted by Crippen LogP contribution is -2.36. The van der Waals surface area contributed by atoms with E-state index in [4.69, 9.17) is 9.72 Å². The smallest absolute Gasteiger partial charge is 0.260 e. The quantitative estimate of drug-likeness (QED) is 0.663. The zero-order valence-electron chi connectivity index (χ0n) is 15.5. The Balaban J connectivity index is 1.95. The molecule has 1 amide bonds. The highest BCUT2D eigenvalue weighted by Crippen LogP contribution is 2.30. The normalized spacial score (nSPS) is 11.1. The summed E-state index contributed by atoms with van der Waals surface area (Å²) in [6.45, 7) is 3.40. The van der Waals surface area contributed by atoms with Crippen LogP contribution in [0, 0.1) is 6.92 Å². The van der Waals surface area contributed by atoms with Gasteiger partial charge in [0.05, 0.1) is 17.3 Å². The lowest BCUT2D eigenvalue weighted by atomic mass is 10.2. The first-order chi connectivity index (χ1) is 12.5. The number of methoxy groups -OCH3 is 1. The van der Waals surface area contributed by atoms with E-state index in [1.807, 2.05) is 26.2 Å². The van der Waals surface area contributed by atoms with Gasteiger partial charge in [-0.1, -0.05) is 17.4 Å². The summed E-state index contributed by atoms with van der Waals surface area (Å²) in [5, 5.41) is 0.730. The van der Waals surface area contributed by atoms with Gasteiger partial charge in [0, 0.05) is 18.7 Å². The van der Waals surface area contributed by atoms with Crippen LogP contribution in [0.15, 0.2) is 42.5 Å². The molecule has 0 bridgehead atoms. The molecule has 0 unspecified atom stereocenters. The first-order valence-electron chi connectivity index (χ1n) is 8.46. The molecule has 26 heavy (non-hydrogen) atoms. The van der Waals surface area contributed by atoms with Crippen LogP contribution in [-0.4, -0.2) is 50.1 Å². The van der Waals surface area contributed by atoms with E-state index in [9.17, 15) is 4.79 Å². The van der Waals surface area contributed by atoms with Crippen LogP contribution in [0.1, 0.15) is 15.9 Å². The Labute approximate surface area is 157 Å². The van der Waals surface area contributed by atoms with Gasteiger partial charge in [0.2, 0.25) is 0 Å². The molecule has 0 aliphatic carbocycles. The van der Waals surface area contributed by atoms with Gasteiger partial charge in [-0.05, 0) is 63.0 Å². The van der Waals surface area contributed by atoms with Crippen molar-refractivity contribution in [1.82, 2.24) is 9.88 Å². The Bertz CT molecular complexity index is 903.